The van der Waals surface area contributed by atoms with Gasteiger partial charge in [-0.05, 0) is 38.5 Å². The molecule has 4 nitrogen and oxygen atoms in total. The van der Waals surface area contributed by atoms with Gasteiger partial charge >= 0.3 is 6.09 Å². The Morgan fingerprint density at radius 3 is 2.43 bits per heavy atom. The van der Waals surface area contributed by atoms with Crippen molar-refractivity contribution in [3.05, 3.63) is 29.8 Å². The molecule has 0 radical (unpaired) electrons. The predicted octanol–water partition coefficient (Wildman–Crippen LogP) is 3.24. The first-order chi connectivity index (χ1) is 9.58. The van der Waals surface area contributed by atoms with Gasteiger partial charge in [-0.25, -0.2) is 13.6 Å². The van der Waals surface area contributed by atoms with E-state index in [1.54, 1.807) is 45.0 Å². The van der Waals surface area contributed by atoms with Crippen LogP contribution in [0, 0.1) is 0 Å². The number of nitrogens with zero attached hydrogens (tertiary/aromatic N) is 1. The fourth-order valence-corrected chi connectivity index (χ4v) is 2.33. The van der Waals surface area contributed by atoms with Crippen molar-refractivity contribution < 1.29 is 18.3 Å². The quantitative estimate of drug-likeness (QED) is 0.810. The molecule has 2 rings (SSSR count). The topological polar surface area (TPSA) is 55.6 Å². The fraction of sp³-hybridized carbons (Fsp3) is 0.533. The fourth-order valence-electron chi connectivity index (χ4n) is 2.33. The Bertz CT molecular complexity index is 523. The highest BCUT2D eigenvalue weighted by molar-refractivity contribution is 5.69. The first-order valence-electron chi connectivity index (χ1n) is 6.80. The molecule has 0 spiro atoms. The Labute approximate surface area is 122 Å². The molecule has 1 aliphatic heterocycles. The van der Waals surface area contributed by atoms with E-state index in [-0.39, 0.29) is 6.54 Å². The second-order valence-electron chi connectivity index (χ2n) is 6.34. The van der Waals surface area contributed by atoms with Crippen LogP contribution in [0.5, 0.6) is 0 Å². The lowest BCUT2D eigenvalue weighted by Gasteiger charge is -2.24. The van der Waals surface area contributed by atoms with Crippen molar-refractivity contribution in [1.82, 2.24) is 4.90 Å². The van der Waals surface area contributed by atoms with E-state index in [1.807, 2.05) is 0 Å². The molecular weight excluding hydrogens is 278 g/mol. The smallest absolute Gasteiger partial charge is 0.410 e. The number of carbonyl (C=O) groups is 1. The highest BCUT2D eigenvalue weighted by Crippen LogP contribution is 2.40. The van der Waals surface area contributed by atoms with Gasteiger partial charge in [-0.15, -0.1) is 0 Å². The number of hydrogen-bond acceptors (Lipinski definition) is 3. The van der Waals surface area contributed by atoms with Crippen molar-refractivity contribution in [2.24, 2.45) is 0 Å². The number of alkyl halides is 2. The predicted molar refractivity (Wildman–Crippen MR) is 76.3 cm³/mol. The molecule has 116 valence electrons. The monoisotopic (exact) mass is 298 g/mol. The maximum absolute atomic E-state index is 14.2. The summed E-state index contributed by atoms with van der Waals surface area (Å²) >= 11 is 0. The average Bonchev–Trinajstić information content (AvgIpc) is 2.64. The molecule has 1 heterocycles. The Kier molecular flexibility index (Phi) is 3.82. The average molecular weight is 298 g/mol. The van der Waals surface area contributed by atoms with E-state index >= 15 is 0 Å². The molecule has 1 amide bonds. The van der Waals surface area contributed by atoms with Gasteiger partial charge in [0.15, 0.2) is 0 Å². The zero-order chi connectivity index (χ0) is 15.8. The Morgan fingerprint density at radius 1 is 1.33 bits per heavy atom. The molecule has 1 aromatic rings. The standard InChI is InChI=1S/C15H20F2N2O2/c1-14(2,3)21-13(20)19-8-12(15(16,17)9-19)10-4-6-11(18)7-5-10/h4-7,12H,8-9,18H2,1-3H3/t12-/m0/s1. The second-order valence-corrected chi connectivity index (χ2v) is 6.34. The van der Waals surface area contributed by atoms with Crippen molar-refractivity contribution in [2.75, 3.05) is 18.8 Å². The molecule has 21 heavy (non-hydrogen) atoms. The molecule has 0 aromatic heterocycles. The zero-order valence-corrected chi connectivity index (χ0v) is 12.4. The summed E-state index contributed by atoms with van der Waals surface area (Å²) in [5, 5.41) is 0. The van der Waals surface area contributed by atoms with Gasteiger partial charge in [-0.3, -0.25) is 0 Å². The SMILES string of the molecule is CC(C)(C)OC(=O)N1C[C@@H](c2ccc(N)cc2)C(F)(F)C1. The van der Waals surface area contributed by atoms with Crippen LogP contribution < -0.4 is 5.73 Å². The van der Waals surface area contributed by atoms with Crippen LogP contribution in [0.15, 0.2) is 24.3 Å². The maximum atomic E-state index is 14.2. The first-order valence-corrected chi connectivity index (χ1v) is 6.80. The summed E-state index contributed by atoms with van der Waals surface area (Å²) in [6.45, 7) is 4.42. The van der Waals surface area contributed by atoms with Crippen LogP contribution >= 0.6 is 0 Å². The zero-order valence-electron chi connectivity index (χ0n) is 12.4. The molecular formula is C15H20F2N2O2. The van der Waals surface area contributed by atoms with Crippen molar-refractivity contribution in [2.45, 2.75) is 38.2 Å². The van der Waals surface area contributed by atoms with Crippen LogP contribution in [0.25, 0.3) is 0 Å². The molecule has 0 aliphatic carbocycles. The number of nitrogens with two attached hydrogens (primary N) is 1. The molecule has 1 atom stereocenters. The minimum atomic E-state index is -2.98. The van der Waals surface area contributed by atoms with Gasteiger partial charge in [0.05, 0.1) is 12.5 Å². The second kappa shape index (κ2) is 5.16. The molecule has 1 saturated heterocycles. The summed E-state index contributed by atoms with van der Waals surface area (Å²) in [5.74, 6) is -4.02. The lowest BCUT2D eigenvalue weighted by atomic mass is 9.95. The molecule has 0 bridgehead atoms. The van der Waals surface area contributed by atoms with Crippen molar-refractivity contribution >= 4 is 11.8 Å². The summed E-state index contributed by atoms with van der Waals surface area (Å²) in [6.07, 6.45) is -0.708. The van der Waals surface area contributed by atoms with Crippen LogP contribution in [0.2, 0.25) is 0 Å². The van der Waals surface area contributed by atoms with E-state index in [4.69, 9.17) is 10.5 Å². The van der Waals surface area contributed by atoms with Crippen molar-refractivity contribution in [3.8, 4) is 0 Å². The summed E-state index contributed by atoms with van der Waals surface area (Å²) in [5.41, 5.74) is 5.85. The Hall–Kier alpha value is -1.85. The van der Waals surface area contributed by atoms with Crippen molar-refractivity contribution in [3.63, 3.8) is 0 Å². The molecule has 6 heteroatoms. The van der Waals surface area contributed by atoms with Gasteiger partial charge in [-0.1, -0.05) is 12.1 Å². The summed E-state index contributed by atoms with van der Waals surface area (Å²) in [4.78, 5) is 13.0. The Morgan fingerprint density at radius 2 is 1.90 bits per heavy atom. The van der Waals surface area contributed by atoms with E-state index < -0.39 is 30.1 Å². The molecule has 1 fully saturated rings. The van der Waals surface area contributed by atoms with Crippen LogP contribution in [-0.4, -0.2) is 35.6 Å². The number of benzene rings is 1. The van der Waals surface area contributed by atoms with Gasteiger partial charge in [-0.2, -0.15) is 0 Å². The van der Waals surface area contributed by atoms with Gasteiger partial charge in [0.2, 0.25) is 0 Å². The number of likely N-dealkylation sites (tertiary alicyclic amines) is 1. The number of anilines is 1. The molecule has 0 unspecified atom stereocenters. The van der Waals surface area contributed by atoms with E-state index in [0.29, 0.717) is 11.3 Å². The van der Waals surface area contributed by atoms with Gasteiger partial charge in [0.25, 0.3) is 5.92 Å². The number of carbonyl (C=O) groups excluding carboxylic acids is 1. The van der Waals surface area contributed by atoms with Gasteiger partial charge < -0.3 is 15.4 Å². The first kappa shape index (κ1) is 15.5. The van der Waals surface area contributed by atoms with E-state index in [1.165, 1.54) is 0 Å². The van der Waals surface area contributed by atoms with Crippen LogP contribution in [0.3, 0.4) is 0 Å². The van der Waals surface area contributed by atoms with E-state index in [0.717, 1.165) is 4.90 Å². The third-order valence-corrected chi connectivity index (χ3v) is 3.30. The summed E-state index contributed by atoms with van der Waals surface area (Å²) in [7, 11) is 0. The molecule has 0 saturated carbocycles. The largest absolute Gasteiger partial charge is 0.444 e. The van der Waals surface area contributed by atoms with E-state index in [2.05, 4.69) is 0 Å². The number of ether oxygens (including phenoxy) is 1. The van der Waals surface area contributed by atoms with Crippen LogP contribution in [0.1, 0.15) is 32.3 Å². The highest BCUT2D eigenvalue weighted by atomic mass is 19.3. The number of hydrogen-bond donors (Lipinski definition) is 1. The summed E-state index contributed by atoms with van der Waals surface area (Å²) < 4.78 is 33.5. The molecule has 1 aromatic carbocycles. The number of rotatable bonds is 1. The lowest BCUT2D eigenvalue weighted by molar-refractivity contribution is -0.0109. The van der Waals surface area contributed by atoms with Gasteiger partial charge in [0.1, 0.15) is 5.60 Å². The van der Waals surface area contributed by atoms with E-state index in [9.17, 15) is 13.6 Å². The minimum absolute atomic E-state index is 0.0637. The van der Waals surface area contributed by atoms with Crippen molar-refractivity contribution in [1.29, 1.82) is 0 Å². The third kappa shape index (κ3) is 3.62. The number of halogens is 2. The normalized spacial score (nSPS) is 21.4. The number of nitrogen functional groups attached to an aromatic ring is 1. The lowest BCUT2D eigenvalue weighted by Crippen LogP contribution is -2.36. The van der Waals surface area contributed by atoms with Crippen LogP contribution in [0.4, 0.5) is 19.3 Å². The van der Waals surface area contributed by atoms with Crippen LogP contribution in [-0.2, 0) is 4.74 Å². The minimum Gasteiger partial charge on any atom is -0.444 e. The summed E-state index contributed by atoms with van der Waals surface area (Å²) in [6, 6.07) is 6.32. The molecule has 1 aliphatic rings. The molecule has 2 N–H and O–H groups in total. The Balaban J connectivity index is 2.15. The van der Waals surface area contributed by atoms with Gasteiger partial charge in [0, 0.05) is 12.2 Å². The third-order valence-electron chi connectivity index (χ3n) is 3.30. The number of amides is 1. The highest BCUT2D eigenvalue weighted by Gasteiger charge is 2.50. The maximum Gasteiger partial charge on any atom is 0.410 e.